The van der Waals surface area contributed by atoms with Gasteiger partial charge < -0.3 is 4.90 Å². The Balaban J connectivity index is 1.76. The highest BCUT2D eigenvalue weighted by Crippen LogP contribution is 2.25. The minimum absolute atomic E-state index is 0.398. The molecule has 0 amide bonds. The number of aromatic amines is 1. The highest BCUT2D eigenvalue weighted by atomic mass is 15.3. The topological polar surface area (TPSA) is 70.6 Å². The van der Waals surface area contributed by atoms with E-state index in [9.17, 15) is 0 Å². The molecule has 17 heavy (non-hydrogen) atoms. The second kappa shape index (κ2) is 4.48. The van der Waals surface area contributed by atoms with Gasteiger partial charge >= 0.3 is 0 Å². The zero-order valence-corrected chi connectivity index (χ0v) is 9.45. The number of H-pyrrole nitrogens is 1. The average molecular weight is 230 g/mol. The molecule has 0 spiro atoms. The molecule has 1 unspecified atom stereocenters. The summed E-state index contributed by atoms with van der Waals surface area (Å²) in [5, 5.41) is 6.86. The van der Waals surface area contributed by atoms with Crippen LogP contribution in [0.1, 0.15) is 24.6 Å². The highest BCUT2D eigenvalue weighted by molar-refractivity contribution is 5.30. The molecule has 1 atom stereocenters. The number of piperidine rings is 1. The van der Waals surface area contributed by atoms with Gasteiger partial charge in [0.15, 0.2) is 0 Å². The fraction of sp³-hybridized carbons (Fsp3) is 0.455. The molecular formula is C11H14N6. The standard InChI is InChI=1S/C11H14N6/c1-3-9(10-14-8-15-16-10)7-17(6-1)11-12-4-2-5-13-11/h2,4-5,8-9H,1,3,6-7H2,(H,14,15,16). The van der Waals surface area contributed by atoms with Crippen molar-refractivity contribution in [3.05, 3.63) is 30.6 Å². The van der Waals surface area contributed by atoms with Gasteiger partial charge in [0.05, 0.1) is 0 Å². The van der Waals surface area contributed by atoms with Crippen molar-refractivity contribution in [3.8, 4) is 0 Å². The fourth-order valence-electron chi connectivity index (χ4n) is 2.25. The van der Waals surface area contributed by atoms with Crippen LogP contribution in [0.3, 0.4) is 0 Å². The normalized spacial score (nSPS) is 20.5. The van der Waals surface area contributed by atoms with E-state index in [1.165, 1.54) is 0 Å². The largest absolute Gasteiger partial charge is 0.340 e. The quantitative estimate of drug-likeness (QED) is 0.832. The van der Waals surface area contributed by atoms with Crippen molar-refractivity contribution in [2.45, 2.75) is 18.8 Å². The maximum absolute atomic E-state index is 4.29. The van der Waals surface area contributed by atoms with Gasteiger partial charge in [0.1, 0.15) is 12.2 Å². The number of aromatic nitrogens is 5. The van der Waals surface area contributed by atoms with Gasteiger partial charge in [-0.15, -0.1) is 0 Å². The van der Waals surface area contributed by atoms with Crippen LogP contribution in [0.2, 0.25) is 0 Å². The zero-order valence-electron chi connectivity index (χ0n) is 9.45. The molecule has 1 saturated heterocycles. The number of nitrogens with one attached hydrogen (secondary N) is 1. The maximum Gasteiger partial charge on any atom is 0.225 e. The molecule has 3 heterocycles. The molecule has 0 bridgehead atoms. The monoisotopic (exact) mass is 230 g/mol. The van der Waals surface area contributed by atoms with Gasteiger partial charge in [-0.3, -0.25) is 5.10 Å². The lowest BCUT2D eigenvalue weighted by Crippen LogP contribution is -2.35. The molecule has 0 aromatic carbocycles. The number of rotatable bonds is 2. The Hall–Kier alpha value is -1.98. The van der Waals surface area contributed by atoms with E-state index in [2.05, 4.69) is 30.0 Å². The molecule has 1 fully saturated rings. The van der Waals surface area contributed by atoms with Crippen LogP contribution in [0.25, 0.3) is 0 Å². The second-order valence-corrected chi connectivity index (χ2v) is 4.20. The van der Waals surface area contributed by atoms with Crippen molar-refractivity contribution in [3.63, 3.8) is 0 Å². The Morgan fingerprint density at radius 2 is 2.12 bits per heavy atom. The van der Waals surface area contributed by atoms with E-state index in [4.69, 9.17) is 0 Å². The number of anilines is 1. The van der Waals surface area contributed by atoms with E-state index < -0.39 is 0 Å². The summed E-state index contributed by atoms with van der Waals surface area (Å²) in [6, 6.07) is 1.83. The van der Waals surface area contributed by atoms with Crippen molar-refractivity contribution >= 4 is 5.95 Å². The summed E-state index contributed by atoms with van der Waals surface area (Å²) in [5.74, 6) is 2.16. The summed E-state index contributed by atoms with van der Waals surface area (Å²) in [4.78, 5) is 15.0. The Labute approximate surface area is 99.1 Å². The van der Waals surface area contributed by atoms with Crippen molar-refractivity contribution < 1.29 is 0 Å². The van der Waals surface area contributed by atoms with Crippen molar-refractivity contribution in [2.24, 2.45) is 0 Å². The van der Waals surface area contributed by atoms with Crippen LogP contribution in [0.15, 0.2) is 24.8 Å². The number of hydrogen-bond donors (Lipinski definition) is 1. The van der Waals surface area contributed by atoms with Gasteiger partial charge in [0.2, 0.25) is 5.95 Å². The molecule has 2 aromatic heterocycles. The Morgan fingerprint density at radius 3 is 2.88 bits per heavy atom. The van der Waals surface area contributed by atoms with Crippen LogP contribution in [0.4, 0.5) is 5.95 Å². The first-order chi connectivity index (χ1) is 8.43. The van der Waals surface area contributed by atoms with Crippen molar-refractivity contribution in [1.82, 2.24) is 25.1 Å². The van der Waals surface area contributed by atoms with E-state index in [0.717, 1.165) is 37.7 Å². The summed E-state index contributed by atoms with van der Waals surface area (Å²) in [5.41, 5.74) is 0. The highest BCUT2D eigenvalue weighted by Gasteiger charge is 2.24. The Morgan fingerprint density at radius 1 is 1.24 bits per heavy atom. The van der Waals surface area contributed by atoms with Crippen LogP contribution in [0.5, 0.6) is 0 Å². The first-order valence-electron chi connectivity index (χ1n) is 5.81. The predicted octanol–water partition coefficient (Wildman–Crippen LogP) is 0.979. The number of hydrogen-bond acceptors (Lipinski definition) is 5. The third-order valence-electron chi connectivity index (χ3n) is 3.08. The Bertz CT molecular complexity index is 454. The van der Waals surface area contributed by atoms with Gasteiger partial charge in [-0.25, -0.2) is 15.0 Å². The smallest absolute Gasteiger partial charge is 0.225 e. The van der Waals surface area contributed by atoms with Crippen molar-refractivity contribution in [1.29, 1.82) is 0 Å². The maximum atomic E-state index is 4.29. The molecule has 1 aliphatic heterocycles. The summed E-state index contributed by atoms with van der Waals surface area (Å²) in [7, 11) is 0. The minimum atomic E-state index is 0.398. The van der Waals surface area contributed by atoms with Crippen LogP contribution in [0, 0.1) is 0 Å². The predicted molar refractivity (Wildman–Crippen MR) is 62.6 cm³/mol. The van der Waals surface area contributed by atoms with Crippen LogP contribution in [-0.4, -0.2) is 38.2 Å². The minimum Gasteiger partial charge on any atom is -0.340 e. The van der Waals surface area contributed by atoms with Crippen LogP contribution >= 0.6 is 0 Å². The van der Waals surface area contributed by atoms with Crippen molar-refractivity contribution in [2.75, 3.05) is 18.0 Å². The van der Waals surface area contributed by atoms with E-state index in [1.54, 1.807) is 18.7 Å². The molecule has 6 heteroatoms. The summed E-state index contributed by atoms with van der Waals surface area (Å²) in [6.45, 7) is 1.91. The summed E-state index contributed by atoms with van der Waals surface area (Å²) < 4.78 is 0. The van der Waals surface area contributed by atoms with E-state index in [1.807, 2.05) is 6.07 Å². The molecule has 0 radical (unpaired) electrons. The lowest BCUT2D eigenvalue weighted by atomic mass is 9.98. The third kappa shape index (κ3) is 2.11. The molecule has 3 rings (SSSR count). The first-order valence-corrected chi connectivity index (χ1v) is 5.81. The molecule has 1 N–H and O–H groups in total. The molecule has 1 aliphatic rings. The average Bonchev–Trinajstić information content (AvgIpc) is 2.94. The van der Waals surface area contributed by atoms with Crippen LogP contribution < -0.4 is 4.90 Å². The van der Waals surface area contributed by atoms with Gasteiger partial charge in [-0.1, -0.05) is 0 Å². The molecule has 2 aromatic rings. The summed E-state index contributed by atoms with van der Waals surface area (Å²) in [6.07, 6.45) is 7.39. The zero-order chi connectivity index (χ0) is 11.5. The van der Waals surface area contributed by atoms with Gasteiger partial charge in [-0.2, -0.15) is 5.10 Å². The first kappa shape index (κ1) is 10.2. The fourth-order valence-corrected chi connectivity index (χ4v) is 2.25. The molecule has 6 nitrogen and oxygen atoms in total. The van der Waals surface area contributed by atoms with E-state index >= 15 is 0 Å². The molecular weight excluding hydrogens is 216 g/mol. The lowest BCUT2D eigenvalue weighted by molar-refractivity contribution is 0.486. The van der Waals surface area contributed by atoms with E-state index in [-0.39, 0.29) is 0 Å². The van der Waals surface area contributed by atoms with E-state index in [0.29, 0.717) is 5.92 Å². The Kier molecular flexibility index (Phi) is 2.69. The van der Waals surface area contributed by atoms with Gasteiger partial charge in [-0.05, 0) is 18.9 Å². The SMILES string of the molecule is c1cnc(N2CCCC(c3ncn[nH]3)C2)nc1. The molecule has 0 saturated carbocycles. The van der Waals surface area contributed by atoms with Gasteiger partial charge in [0.25, 0.3) is 0 Å². The molecule has 0 aliphatic carbocycles. The van der Waals surface area contributed by atoms with Crippen LogP contribution in [-0.2, 0) is 0 Å². The van der Waals surface area contributed by atoms with Gasteiger partial charge in [0, 0.05) is 31.4 Å². The molecule has 88 valence electrons. The lowest BCUT2D eigenvalue weighted by Gasteiger charge is -2.31. The number of nitrogens with zero attached hydrogens (tertiary/aromatic N) is 5. The summed E-state index contributed by atoms with van der Waals surface area (Å²) >= 11 is 0. The second-order valence-electron chi connectivity index (χ2n) is 4.20. The third-order valence-corrected chi connectivity index (χ3v) is 3.08.